The van der Waals surface area contributed by atoms with E-state index in [9.17, 15) is 4.39 Å². The van der Waals surface area contributed by atoms with Crippen molar-refractivity contribution in [3.63, 3.8) is 0 Å². The number of halogens is 1. The molecule has 1 heterocycles. The summed E-state index contributed by atoms with van der Waals surface area (Å²) >= 11 is 0. The highest BCUT2D eigenvalue weighted by Gasteiger charge is 2.43. The Kier molecular flexibility index (Phi) is 2.67. The van der Waals surface area contributed by atoms with E-state index in [4.69, 9.17) is 10.3 Å². The molecule has 1 aromatic carbocycles. The molecule has 2 N–H and O–H groups in total. The predicted octanol–water partition coefficient (Wildman–Crippen LogP) is 2.77. The molecule has 0 radical (unpaired) electrons. The van der Waals surface area contributed by atoms with E-state index < -0.39 is 5.54 Å². The van der Waals surface area contributed by atoms with Crippen LogP contribution in [0.5, 0.6) is 0 Å². The van der Waals surface area contributed by atoms with Gasteiger partial charge in [-0.15, -0.1) is 0 Å². The van der Waals surface area contributed by atoms with Crippen LogP contribution in [-0.4, -0.2) is 10.1 Å². The van der Waals surface area contributed by atoms with E-state index >= 15 is 0 Å². The van der Waals surface area contributed by atoms with Crippen LogP contribution in [0.2, 0.25) is 0 Å². The fourth-order valence-electron chi connectivity index (χ4n) is 2.24. The third-order valence-electron chi connectivity index (χ3n) is 3.75. The van der Waals surface area contributed by atoms with Crippen LogP contribution in [0.15, 0.2) is 22.7 Å². The molecule has 4 nitrogen and oxygen atoms in total. The maximum atomic E-state index is 13.3. The molecule has 1 unspecified atom stereocenters. The van der Waals surface area contributed by atoms with Gasteiger partial charge in [0.2, 0.25) is 11.7 Å². The Morgan fingerprint density at radius 3 is 2.84 bits per heavy atom. The SMILES string of the molecule is Cc1ccc(F)cc1-c1noc(C(C)(N)C2CC2)n1. The molecule has 2 aromatic rings. The first kappa shape index (κ1) is 12.3. The van der Waals surface area contributed by atoms with Crippen molar-refractivity contribution >= 4 is 0 Å². The molecule has 0 amide bonds. The summed E-state index contributed by atoms with van der Waals surface area (Å²) in [5.74, 6) is 0.900. The van der Waals surface area contributed by atoms with Crippen molar-refractivity contribution in [1.82, 2.24) is 10.1 Å². The molecule has 0 bridgehead atoms. The normalized spacial score (nSPS) is 18.3. The van der Waals surface area contributed by atoms with Gasteiger partial charge in [0.1, 0.15) is 5.82 Å². The van der Waals surface area contributed by atoms with Crippen LogP contribution >= 0.6 is 0 Å². The highest BCUT2D eigenvalue weighted by atomic mass is 19.1. The lowest BCUT2D eigenvalue weighted by Crippen LogP contribution is -2.35. The first-order chi connectivity index (χ1) is 8.98. The van der Waals surface area contributed by atoms with Crippen molar-refractivity contribution in [2.75, 3.05) is 0 Å². The second-order valence-corrected chi connectivity index (χ2v) is 5.44. The maximum absolute atomic E-state index is 13.3. The summed E-state index contributed by atoms with van der Waals surface area (Å²) in [6.07, 6.45) is 2.17. The highest BCUT2D eigenvalue weighted by Crippen LogP contribution is 2.43. The van der Waals surface area contributed by atoms with Crippen molar-refractivity contribution < 1.29 is 8.91 Å². The van der Waals surface area contributed by atoms with Crippen LogP contribution in [0.4, 0.5) is 4.39 Å². The number of benzene rings is 1. The van der Waals surface area contributed by atoms with E-state index in [1.54, 1.807) is 6.07 Å². The van der Waals surface area contributed by atoms with E-state index in [0.29, 0.717) is 23.2 Å². The molecule has 5 heteroatoms. The quantitative estimate of drug-likeness (QED) is 0.922. The summed E-state index contributed by atoms with van der Waals surface area (Å²) in [5.41, 5.74) is 7.18. The lowest BCUT2D eigenvalue weighted by atomic mass is 9.97. The number of nitrogens with two attached hydrogens (primary N) is 1. The number of nitrogens with zero attached hydrogens (tertiary/aromatic N) is 2. The molecule has 100 valence electrons. The summed E-state index contributed by atoms with van der Waals surface area (Å²) in [4.78, 5) is 4.35. The lowest BCUT2D eigenvalue weighted by molar-refractivity contribution is 0.273. The molecule has 3 rings (SSSR count). The zero-order valence-electron chi connectivity index (χ0n) is 11.0. The minimum absolute atomic E-state index is 0.315. The largest absolute Gasteiger partial charge is 0.337 e. The molecule has 19 heavy (non-hydrogen) atoms. The van der Waals surface area contributed by atoms with Gasteiger partial charge >= 0.3 is 0 Å². The van der Waals surface area contributed by atoms with Crippen LogP contribution < -0.4 is 5.73 Å². The number of aromatic nitrogens is 2. The molecular formula is C14H16FN3O. The molecule has 1 aromatic heterocycles. The zero-order valence-corrected chi connectivity index (χ0v) is 11.0. The first-order valence-electron chi connectivity index (χ1n) is 6.38. The summed E-state index contributed by atoms with van der Waals surface area (Å²) in [5, 5.41) is 3.93. The maximum Gasteiger partial charge on any atom is 0.247 e. The monoisotopic (exact) mass is 261 g/mol. The van der Waals surface area contributed by atoms with Gasteiger partial charge in [-0.25, -0.2) is 4.39 Å². The standard InChI is InChI=1S/C14H16FN3O/c1-8-3-6-10(15)7-11(8)12-17-13(19-18-12)14(2,16)9-4-5-9/h3,6-7,9H,4-5,16H2,1-2H3. The molecule has 0 spiro atoms. The molecule has 0 saturated heterocycles. The second kappa shape index (κ2) is 4.13. The fourth-order valence-corrected chi connectivity index (χ4v) is 2.24. The number of rotatable bonds is 3. The zero-order chi connectivity index (χ0) is 13.6. The predicted molar refractivity (Wildman–Crippen MR) is 68.7 cm³/mol. The van der Waals surface area contributed by atoms with Gasteiger partial charge in [0.25, 0.3) is 0 Å². The molecule has 1 atom stereocenters. The summed E-state index contributed by atoms with van der Waals surface area (Å²) in [6.45, 7) is 3.79. The summed E-state index contributed by atoms with van der Waals surface area (Å²) in [7, 11) is 0. The third kappa shape index (κ3) is 2.14. The van der Waals surface area contributed by atoms with Gasteiger partial charge in [-0.3, -0.25) is 0 Å². The molecule has 1 aliphatic carbocycles. The molecule has 1 aliphatic rings. The first-order valence-corrected chi connectivity index (χ1v) is 6.38. The fraction of sp³-hybridized carbons (Fsp3) is 0.429. The van der Waals surface area contributed by atoms with Gasteiger partial charge in [0.05, 0.1) is 5.54 Å². The molecule has 0 aliphatic heterocycles. The Bertz CT molecular complexity index is 617. The Hall–Kier alpha value is -1.75. The third-order valence-corrected chi connectivity index (χ3v) is 3.75. The highest BCUT2D eigenvalue weighted by molar-refractivity contribution is 5.59. The van der Waals surface area contributed by atoms with Gasteiger partial charge in [0.15, 0.2) is 0 Å². The average Bonchev–Trinajstić information content (AvgIpc) is 3.11. The van der Waals surface area contributed by atoms with Crippen molar-refractivity contribution in [2.24, 2.45) is 11.7 Å². The van der Waals surface area contributed by atoms with Crippen LogP contribution in [-0.2, 0) is 5.54 Å². The molecule has 1 saturated carbocycles. The van der Waals surface area contributed by atoms with Crippen molar-refractivity contribution in [2.45, 2.75) is 32.2 Å². The Morgan fingerprint density at radius 2 is 2.16 bits per heavy atom. The minimum Gasteiger partial charge on any atom is -0.337 e. The summed E-state index contributed by atoms with van der Waals surface area (Å²) < 4.78 is 18.6. The minimum atomic E-state index is -0.591. The van der Waals surface area contributed by atoms with Crippen LogP contribution in [0.1, 0.15) is 31.2 Å². The van der Waals surface area contributed by atoms with Gasteiger partial charge in [-0.2, -0.15) is 4.98 Å². The number of aryl methyl sites for hydroxylation is 1. The molecular weight excluding hydrogens is 245 g/mol. The van der Waals surface area contributed by atoms with Gasteiger partial charge in [-0.05, 0) is 50.3 Å². The number of hydrogen-bond donors (Lipinski definition) is 1. The van der Waals surface area contributed by atoms with E-state index in [2.05, 4.69) is 10.1 Å². The topological polar surface area (TPSA) is 64.9 Å². The van der Waals surface area contributed by atoms with Crippen molar-refractivity contribution in [3.8, 4) is 11.4 Å². The second-order valence-electron chi connectivity index (χ2n) is 5.44. The van der Waals surface area contributed by atoms with E-state index in [0.717, 1.165) is 18.4 Å². The number of hydrogen-bond acceptors (Lipinski definition) is 4. The average molecular weight is 261 g/mol. The summed E-state index contributed by atoms with van der Waals surface area (Å²) in [6, 6.07) is 4.52. The van der Waals surface area contributed by atoms with Crippen LogP contribution in [0.25, 0.3) is 11.4 Å². The van der Waals surface area contributed by atoms with Crippen LogP contribution in [0.3, 0.4) is 0 Å². The lowest BCUT2D eigenvalue weighted by Gasteiger charge is -2.18. The van der Waals surface area contributed by atoms with E-state index in [1.807, 2.05) is 13.8 Å². The van der Waals surface area contributed by atoms with Crippen molar-refractivity contribution in [1.29, 1.82) is 0 Å². The van der Waals surface area contributed by atoms with Crippen molar-refractivity contribution in [3.05, 3.63) is 35.5 Å². The van der Waals surface area contributed by atoms with Crippen LogP contribution in [0, 0.1) is 18.7 Å². The Morgan fingerprint density at radius 1 is 1.42 bits per heavy atom. The Labute approximate surface area is 110 Å². The molecule has 1 fully saturated rings. The van der Waals surface area contributed by atoms with Gasteiger partial charge in [0, 0.05) is 5.56 Å². The van der Waals surface area contributed by atoms with Gasteiger partial charge in [-0.1, -0.05) is 11.2 Å². The van der Waals surface area contributed by atoms with Gasteiger partial charge < -0.3 is 10.3 Å². The van der Waals surface area contributed by atoms with E-state index in [-0.39, 0.29) is 5.82 Å². The Balaban J connectivity index is 1.99. The smallest absolute Gasteiger partial charge is 0.247 e. The van der Waals surface area contributed by atoms with E-state index in [1.165, 1.54) is 12.1 Å².